The topological polar surface area (TPSA) is 89.0 Å². The predicted molar refractivity (Wildman–Crippen MR) is 127 cm³/mol. The minimum absolute atomic E-state index is 0.0813. The molecule has 0 amide bonds. The van der Waals surface area contributed by atoms with E-state index in [0.29, 0.717) is 11.6 Å². The number of pyridine rings is 1. The number of imidazole rings is 1. The van der Waals surface area contributed by atoms with Crippen molar-refractivity contribution in [3.63, 3.8) is 0 Å². The number of hydrogen-bond acceptors (Lipinski definition) is 6. The molecule has 1 atom stereocenters. The number of hydrogen-bond donors (Lipinski definition) is 1. The maximum absolute atomic E-state index is 13.1. The van der Waals surface area contributed by atoms with Gasteiger partial charge in [0, 0.05) is 48.3 Å². The van der Waals surface area contributed by atoms with E-state index in [2.05, 4.69) is 20.3 Å². The normalized spacial score (nSPS) is 19.3. The van der Waals surface area contributed by atoms with Gasteiger partial charge in [-0.1, -0.05) is 6.08 Å². The monoisotopic (exact) mass is 439 g/mol. The van der Waals surface area contributed by atoms with E-state index in [1.165, 1.54) is 0 Å². The lowest BCUT2D eigenvalue weighted by molar-refractivity contribution is 0.452. The highest BCUT2D eigenvalue weighted by Gasteiger charge is 2.24. The summed E-state index contributed by atoms with van der Waals surface area (Å²) in [6.07, 6.45) is 14.3. The second-order valence-electron chi connectivity index (χ2n) is 8.84. The van der Waals surface area contributed by atoms with Crippen molar-refractivity contribution >= 4 is 17.0 Å². The molecule has 0 bridgehead atoms. The van der Waals surface area contributed by atoms with Crippen LogP contribution in [0.4, 0.5) is 0 Å². The van der Waals surface area contributed by atoms with Crippen LogP contribution < -0.4 is 10.9 Å². The molecule has 166 valence electrons. The zero-order valence-corrected chi connectivity index (χ0v) is 18.5. The second kappa shape index (κ2) is 8.04. The molecule has 1 saturated heterocycles. The molecule has 33 heavy (non-hydrogen) atoms. The summed E-state index contributed by atoms with van der Waals surface area (Å²) in [6, 6.07) is 5.68. The third-order valence-corrected chi connectivity index (χ3v) is 6.59. The zero-order chi connectivity index (χ0) is 22.4. The number of fused-ring (bicyclic) bond motifs is 2. The molecule has 0 saturated carbocycles. The van der Waals surface area contributed by atoms with Crippen molar-refractivity contribution in [2.45, 2.75) is 38.0 Å². The molecule has 0 aliphatic carbocycles. The minimum atomic E-state index is -0.0983. The van der Waals surface area contributed by atoms with Crippen molar-refractivity contribution < 1.29 is 0 Å². The van der Waals surface area contributed by atoms with Crippen LogP contribution in [-0.4, -0.2) is 42.6 Å². The van der Waals surface area contributed by atoms with Crippen LogP contribution in [0, 0.1) is 6.92 Å². The van der Waals surface area contributed by atoms with Crippen LogP contribution in [0.25, 0.3) is 11.3 Å². The van der Waals surface area contributed by atoms with Crippen LogP contribution in [0.2, 0.25) is 0 Å². The average molecular weight is 440 g/mol. The van der Waals surface area contributed by atoms with E-state index in [1.807, 2.05) is 54.3 Å². The first-order valence-electron chi connectivity index (χ1n) is 11.4. The third kappa shape index (κ3) is 3.66. The molecule has 8 nitrogen and oxygen atoms in total. The Hall–Kier alpha value is -3.65. The van der Waals surface area contributed by atoms with Gasteiger partial charge < -0.3 is 9.72 Å². The number of nitrogens with one attached hydrogen (secondary N) is 1. The summed E-state index contributed by atoms with van der Waals surface area (Å²) >= 11 is 0. The van der Waals surface area contributed by atoms with Crippen molar-refractivity contribution in [3.05, 3.63) is 88.3 Å². The summed E-state index contributed by atoms with van der Waals surface area (Å²) in [4.78, 5) is 31.8. The molecular weight excluding hydrogens is 414 g/mol. The Morgan fingerprint density at radius 3 is 2.79 bits per heavy atom. The highest BCUT2D eigenvalue weighted by molar-refractivity contribution is 6.05. The lowest BCUT2D eigenvalue weighted by Crippen LogP contribution is -2.28. The van der Waals surface area contributed by atoms with Crippen LogP contribution in [0.3, 0.4) is 0 Å². The molecule has 8 heteroatoms. The standard InChI is InChI=1S/C25H25N7O/c1-16-13-31-14-18(4-5-22(31)29-16)25-19(3-2-8-27-25)20-11-24(33)32-15-21(28-12-23(32)30-20)17-6-9-26-10-7-17/h2,4-5,8,11-15,17,19,26H,3,6-7,9-10H2,1H3. The summed E-state index contributed by atoms with van der Waals surface area (Å²) < 4.78 is 3.64. The fraction of sp³-hybridized carbons (Fsp3) is 0.320. The smallest absolute Gasteiger partial charge is 0.258 e. The highest BCUT2D eigenvalue weighted by atomic mass is 16.1. The first-order valence-corrected chi connectivity index (χ1v) is 11.4. The van der Waals surface area contributed by atoms with E-state index in [9.17, 15) is 4.79 Å². The molecule has 2 aliphatic heterocycles. The molecule has 1 unspecified atom stereocenters. The Morgan fingerprint density at radius 1 is 1.03 bits per heavy atom. The van der Waals surface area contributed by atoms with Crippen LogP contribution in [-0.2, 0) is 0 Å². The van der Waals surface area contributed by atoms with Gasteiger partial charge in [0.2, 0.25) is 0 Å². The number of aryl methyl sites for hydroxylation is 1. The summed E-state index contributed by atoms with van der Waals surface area (Å²) in [7, 11) is 0. The maximum Gasteiger partial charge on any atom is 0.258 e. The molecule has 1 N–H and O–H groups in total. The fourth-order valence-electron chi connectivity index (χ4n) is 4.89. The molecule has 4 aromatic heterocycles. The second-order valence-corrected chi connectivity index (χ2v) is 8.84. The van der Waals surface area contributed by atoms with Crippen molar-refractivity contribution in [2.75, 3.05) is 13.1 Å². The Kier molecular flexibility index (Phi) is 4.87. The van der Waals surface area contributed by atoms with Crippen molar-refractivity contribution in [2.24, 2.45) is 4.99 Å². The maximum atomic E-state index is 13.1. The lowest BCUT2D eigenvalue weighted by Gasteiger charge is -2.22. The SMILES string of the molecule is Cc1cn2cc(C3=NC=CCC3c3cc(=O)n4cc(C5CCNCC5)ncc4n3)ccc2n1. The molecule has 2 aliphatic rings. The van der Waals surface area contributed by atoms with Gasteiger partial charge in [-0.15, -0.1) is 0 Å². The Balaban J connectivity index is 1.38. The van der Waals surface area contributed by atoms with E-state index in [1.54, 1.807) is 16.7 Å². The van der Waals surface area contributed by atoms with E-state index >= 15 is 0 Å². The number of piperidine rings is 1. The number of rotatable bonds is 3. The van der Waals surface area contributed by atoms with Gasteiger partial charge in [0.05, 0.1) is 29.0 Å². The highest BCUT2D eigenvalue weighted by Crippen LogP contribution is 2.28. The van der Waals surface area contributed by atoms with Gasteiger partial charge in [0.25, 0.3) is 5.56 Å². The largest absolute Gasteiger partial charge is 0.317 e. The Morgan fingerprint density at radius 2 is 1.91 bits per heavy atom. The van der Waals surface area contributed by atoms with Crippen molar-refractivity contribution in [3.8, 4) is 0 Å². The Bertz CT molecular complexity index is 1470. The third-order valence-electron chi connectivity index (χ3n) is 6.59. The average Bonchev–Trinajstić information content (AvgIpc) is 3.23. The summed E-state index contributed by atoms with van der Waals surface area (Å²) in [5.41, 5.74) is 5.95. The van der Waals surface area contributed by atoms with Crippen LogP contribution in [0.1, 0.15) is 53.7 Å². The van der Waals surface area contributed by atoms with E-state index in [0.717, 1.165) is 66.4 Å². The van der Waals surface area contributed by atoms with E-state index in [-0.39, 0.29) is 11.5 Å². The number of aliphatic imine (C=N–C) groups is 1. The molecule has 4 aromatic rings. The number of allylic oxidation sites excluding steroid dienone is 1. The van der Waals surface area contributed by atoms with Gasteiger partial charge in [0.15, 0.2) is 5.65 Å². The lowest BCUT2D eigenvalue weighted by atomic mass is 9.89. The van der Waals surface area contributed by atoms with Crippen LogP contribution in [0.15, 0.2) is 65.0 Å². The molecule has 6 rings (SSSR count). The van der Waals surface area contributed by atoms with Gasteiger partial charge in [-0.25, -0.2) is 9.97 Å². The predicted octanol–water partition coefficient (Wildman–Crippen LogP) is 3.00. The van der Waals surface area contributed by atoms with E-state index < -0.39 is 0 Å². The summed E-state index contributed by atoms with van der Waals surface area (Å²) in [5.74, 6) is 0.282. The number of aromatic nitrogens is 5. The van der Waals surface area contributed by atoms with Crippen LogP contribution in [0.5, 0.6) is 0 Å². The molecular formula is C25H25N7O. The molecule has 0 aromatic carbocycles. The Labute approximate surface area is 190 Å². The molecule has 1 fully saturated rings. The van der Waals surface area contributed by atoms with Crippen molar-refractivity contribution in [1.29, 1.82) is 0 Å². The van der Waals surface area contributed by atoms with Gasteiger partial charge in [-0.2, -0.15) is 0 Å². The zero-order valence-electron chi connectivity index (χ0n) is 18.5. The van der Waals surface area contributed by atoms with Gasteiger partial charge in [-0.3, -0.25) is 19.2 Å². The van der Waals surface area contributed by atoms with Crippen molar-refractivity contribution in [1.82, 2.24) is 29.1 Å². The fourth-order valence-corrected chi connectivity index (χ4v) is 4.89. The van der Waals surface area contributed by atoms with Gasteiger partial charge in [0.1, 0.15) is 5.65 Å². The van der Waals surface area contributed by atoms with Gasteiger partial charge >= 0.3 is 0 Å². The van der Waals surface area contributed by atoms with Crippen LogP contribution >= 0.6 is 0 Å². The van der Waals surface area contributed by atoms with E-state index in [4.69, 9.17) is 4.98 Å². The quantitative estimate of drug-likeness (QED) is 0.530. The summed E-state index contributed by atoms with van der Waals surface area (Å²) in [5, 5.41) is 3.38. The molecule has 0 spiro atoms. The number of nitrogens with zero attached hydrogens (tertiary/aromatic N) is 6. The molecule has 0 radical (unpaired) electrons. The summed E-state index contributed by atoms with van der Waals surface area (Å²) in [6.45, 7) is 3.95. The first-order chi connectivity index (χ1) is 16.2. The molecule has 6 heterocycles. The minimum Gasteiger partial charge on any atom is -0.317 e. The van der Waals surface area contributed by atoms with Gasteiger partial charge in [-0.05, 0) is 51.4 Å². The first kappa shape index (κ1) is 20.0.